The van der Waals surface area contributed by atoms with Crippen molar-refractivity contribution < 1.29 is 4.79 Å². The lowest BCUT2D eigenvalue weighted by Gasteiger charge is -2.30. The highest BCUT2D eigenvalue weighted by molar-refractivity contribution is 7.13. The number of nitrogens with zero attached hydrogens (tertiary/aromatic N) is 5. The molecular formula is C20H24N6OS. The van der Waals surface area contributed by atoms with Gasteiger partial charge in [-0.05, 0) is 44.4 Å². The zero-order valence-corrected chi connectivity index (χ0v) is 16.9. The zero-order valence-electron chi connectivity index (χ0n) is 16.1. The van der Waals surface area contributed by atoms with Gasteiger partial charge in [-0.2, -0.15) is 0 Å². The van der Waals surface area contributed by atoms with Crippen molar-refractivity contribution in [3.63, 3.8) is 0 Å². The van der Waals surface area contributed by atoms with Gasteiger partial charge in [0.25, 0.3) is 5.91 Å². The van der Waals surface area contributed by atoms with Crippen molar-refractivity contribution in [2.24, 2.45) is 5.92 Å². The second-order valence-corrected chi connectivity index (χ2v) is 8.32. The fraction of sp³-hybridized carbons (Fsp3) is 0.400. The topological polar surface area (TPSA) is 75.9 Å². The molecule has 146 valence electrons. The number of amides is 1. The third-order valence-corrected chi connectivity index (χ3v) is 5.73. The summed E-state index contributed by atoms with van der Waals surface area (Å²) < 4.78 is 1.60. The zero-order chi connectivity index (χ0) is 19.5. The molecule has 1 atom stereocenters. The molecule has 7 nitrogen and oxygen atoms in total. The number of piperidine rings is 1. The summed E-state index contributed by atoms with van der Waals surface area (Å²) in [5.74, 6) is 0.438. The molecule has 8 heteroatoms. The van der Waals surface area contributed by atoms with Crippen LogP contribution in [0.4, 0.5) is 5.13 Å². The molecule has 2 aromatic heterocycles. The molecule has 28 heavy (non-hydrogen) atoms. The van der Waals surface area contributed by atoms with Crippen LogP contribution in [-0.2, 0) is 6.54 Å². The number of benzene rings is 1. The van der Waals surface area contributed by atoms with Gasteiger partial charge in [0, 0.05) is 18.5 Å². The maximum Gasteiger partial charge on any atom is 0.279 e. The third kappa shape index (κ3) is 4.45. The molecule has 1 N–H and O–H groups in total. The van der Waals surface area contributed by atoms with Crippen molar-refractivity contribution in [2.75, 3.05) is 18.4 Å². The molecule has 1 aliphatic rings. The minimum Gasteiger partial charge on any atom is -0.297 e. The first-order chi connectivity index (χ1) is 13.6. The summed E-state index contributed by atoms with van der Waals surface area (Å²) in [7, 11) is 0. The second kappa shape index (κ2) is 8.20. The predicted octanol–water partition coefficient (Wildman–Crippen LogP) is 3.52. The maximum absolute atomic E-state index is 12.5. The number of hydrogen-bond donors (Lipinski definition) is 1. The molecule has 0 aliphatic carbocycles. The SMILES string of the molecule is Cc1ccc(-n2cc(C(=O)Nc3nc(CN4CCCC(C)C4)cs3)nn2)cc1. The Bertz CT molecular complexity index is 948. The number of aryl methyl sites for hydroxylation is 1. The van der Waals surface area contributed by atoms with Gasteiger partial charge in [0.1, 0.15) is 0 Å². The van der Waals surface area contributed by atoms with Crippen molar-refractivity contribution in [1.82, 2.24) is 24.9 Å². The van der Waals surface area contributed by atoms with Gasteiger partial charge in [0.15, 0.2) is 10.8 Å². The molecule has 1 saturated heterocycles. The van der Waals surface area contributed by atoms with Crippen LogP contribution in [0.2, 0.25) is 0 Å². The van der Waals surface area contributed by atoms with Gasteiger partial charge >= 0.3 is 0 Å². The highest BCUT2D eigenvalue weighted by atomic mass is 32.1. The Balaban J connectivity index is 1.37. The van der Waals surface area contributed by atoms with Crippen molar-refractivity contribution in [3.05, 3.63) is 52.8 Å². The number of carbonyl (C=O) groups is 1. The molecule has 1 aromatic carbocycles. The Morgan fingerprint density at radius 3 is 2.93 bits per heavy atom. The monoisotopic (exact) mass is 396 g/mol. The molecule has 3 heterocycles. The van der Waals surface area contributed by atoms with Gasteiger partial charge in [-0.15, -0.1) is 16.4 Å². The normalized spacial score (nSPS) is 17.6. The predicted molar refractivity (Wildman–Crippen MR) is 110 cm³/mol. The molecule has 3 aromatic rings. The van der Waals surface area contributed by atoms with Crippen LogP contribution in [0.5, 0.6) is 0 Å². The minimum absolute atomic E-state index is 0.266. The van der Waals surface area contributed by atoms with E-state index in [1.807, 2.05) is 36.6 Å². The van der Waals surface area contributed by atoms with Crippen LogP contribution >= 0.6 is 11.3 Å². The molecule has 1 amide bonds. The highest BCUT2D eigenvalue weighted by Gasteiger charge is 2.18. The van der Waals surface area contributed by atoms with E-state index in [1.54, 1.807) is 10.9 Å². The van der Waals surface area contributed by atoms with Gasteiger partial charge in [0.05, 0.1) is 17.6 Å². The Labute approximate surface area is 168 Å². The molecule has 0 saturated carbocycles. The van der Waals surface area contributed by atoms with Crippen LogP contribution in [0.3, 0.4) is 0 Å². The lowest BCUT2D eigenvalue weighted by atomic mass is 10.0. The van der Waals surface area contributed by atoms with Crippen LogP contribution in [0.15, 0.2) is 35.8 Å². The van der Waals surface area contributed by atoms with Crippen molar-refractivity contribution in [1.29, 1.82) is 0 Å². The Kier molecular flexibility index (Phi) is 5.50. The number of rotatable bonds is 5. The number of carbonyl (C=O) groups excluding carboxylic acids is 1. The Morgan fingerprint density at radius 1 is 1.32 bits per heavy atom. The lowest BCUT2D eigenvalue weighted by molar-refractivity contribution is 0.102. The molecule has 0 radical (unpaired) electrons. The summed E-state index contributed by atoms with van der Waals surface area (Å²) in [6.07, 6.45) is 4.17. The smallest absolute Gasteiger partial charge is 0.279 e. The highest BCUT2D eigenvalue weighted by Crippen LogP contribution is 2.21. The van der Waals surface area contributed by atoms with E-state index in [4.69, 9.17) is 0 Å². The minimum atomic E-state index is -0.300. The van der Waals surface area contributed by atoms with Gasteiger partial charge in [-0.1, -0.05) is 29.8 Å². The number of aromatic nitrogens is 4. The molecular weight excluding hydrogens is 372 g/mol. The number of anilines is 1. The van der Waals surface area contributed by atoms with Crippen molar-refractivity contribution >= 4 is 22.4 Å². The van der Waals surface area contributed by atoms with Crippen LogP contribution < -0.4 is 5.32 Å². The molecule has 4 rings (SSSR count). The van der Waals surface area contributed by atoms with E-state index in [-0.39, 0.29) is 11.6 Å². The average molecular weight is 397 g/mol. The van der Waals surface area contributed by atoms with E-state index < -0.39 is 0 Å². The summed E-state index contributed by atoms with van der Waals surface area (Å²) in [5, 5.41) is 13.5. The first kappa shape index (κ1) is 18.8. The van der Waals surface area contributed by atoms with E-state index in [0.717, 1.165) is 36.9 Å². The summed E-state index contributed by atoms with van der Waals surface area (Å²) in [5.41, 5.74) is 3.30. The summed E-state index contributed by atoms with van der Waals surface area (Å²) in [6, 6.07) is 7.88. The fourth-order valence-electron chi connectivity index (χ4n) is 3.45. The van der Waals surface area contributed by atoms with Crippen LogP contribution in [0, 0.1) is 12.8 Å². The van der Waals surface area contributed by atoms with Gasteiger partial charge < -0.3 is 0 Å². The number of nitrogens with one attached hydrogen (secondary N) is 1. The molecule has 0 bridgehead atoms. The largest absolute Gasteiger partial charge is 0.297 e. The third-order valence-electron chi connectivity index (χ3n) is 4.92. The van der Waals surface area contributed by atoms with Crippen LogP contribution in [0.1, 0.15) is 41.5 Å². The van der Waals surface area contributed by atoms with E-state index in [1.165, 1.54) is 29.7 Å². The maximum atomic E-state index is 12.5. The Hall–Kier alpha value is -2.58. The average Bonchev–Trinajstić information content (AvgIpc) is 3.32. The first-order valence-corrected chi connectivity index (χ1v) is 10.4. The summed E-state index contributed by atoms with van der Waals surface area (Å²) in [4.78, 5) is 19.5. The van der Waals surface area contributed by atoms with Crippen molar-refractivity contribution in [3.8, 4) is 5.69 Å². The first-order valence-electron chi connectivity index (χ1n) is 9.54. The van der Waals surface area contributed by atoms with Crippen LogP contribution in [-0.4, -0.2) is 43.9 Å². The number of hydrogen-bond acceptors (Lipinski definition) is 6. The molecule has 0 spiro atoms. The lowest BCUT2D eigenvalue weighted by Crippen LogP contribution is -2.33. The van der Waals surface area contributed by atoms with E-state index >= 15 is 0 Å². The van der Waals surface area contributed by atoms with E-state index in [9.17, 15) is 4.79 Å². The quantitative estimate of drug-likeness (QED) is 0.714. The number of likely N-dealkylation sites (tertiary alicyclic amines) is 1. The van der Waals surface area contributed by atoms with Gasteiger partial charge in [-0.25, -0.2) is 9.67 Å². The summed E-state index contributed by atoms with van der Waals surface area (Å²) >= 11 is 1.44. The Morgan fingerprint density at radius 2 is 2.14 bits per heavy atom. The molecule has 1 unspecified atom stereocenters. The van der Waals surface area contributed by atoms with Crippen LogP contribution in [0.25, 0.3) is 5.69 Å². The second-order valence-electron chi connectivity index (χ2n) is 7.46. The summed E-state index contributed by atoms with van der Waals surface area (Å²) in [6.45, 7) is 7.38. The van der Waals surface area contributed by atoms with Gasteiger partial charge in [-0.3, -0.25) is 15.0 Å². The van der Waals surface area contributed by atoms with E-state index in [0.29, 0.717) is 5.13 Å². The standard InChI is InChI=1S/C20H24N6OS/c1-14-5-7-17(8-6-14)26-12-18(23-24-26)19(27)22-20-21-16(13-28-20)11-25-9-3-4-15(2)10-25/h5-8,12-13,15H,3-4,9-11H2,1-2H3,(H,21,22,27). The van der Waals surface area contributed by atoms with Gasteiger partial charge in [0.2, 0.25) is 0 Å². The van der Waals surface area contributed by atoms with E-state index in [2.05, 4.69) is 32.4 Å². The number of thiazole rings is 1. The molecule has 1 fully saturated rings. The molecule has 1 aliphatic heterocycles. The van der Waals surface area contributed by atoms with Crippen molar-refractivity contribution in [2.45, 2.75) is 33.2 Å². The fourth-order valence-corrected chi connectivity index (χ4v) is 4.15.